The molecule has 2 N–H and O–H groups in total. The molecule has 2 unspecified atom stereocenters. The third-order valence-electron chi connectivity index (χ3n) is 7.24. The number of carbonyl (C=O) groups is 1. The molecular weight excluding hydrogens is 525 g/mol. The van der Waals surface area contributed by atoms with Crippen LogP contribution in [0.3, 0.4) is 0 Å². The van der Waals surface area contributed by atoms with Gasteiger partial charge in [-0.05, 0) is 61.3 Å². The summed E-state index contributed by atoms with van der Waals surface area (Å²) in [6.07, 6.45) is 3.92. The SMILES string of the molecule is Cc1cc(C2C(c3ccccn3)NC(=S)N2CCC(=O)Nc2cccc3ccccc23)c(C)n1-c1nccs1. The van der Waals surface area contributed by atoms with Crippen LogP contribution in [0.4, 0.5) is 5.69 Å². The zero-order valence-electron chi connectivity index (χ0n) is 21.7. The normalized spacial score (nSPS) is 17.0. The van der Waals surface area contributed by atoms with Crippen LogP contribution in [0.2, 0.25) is 0 Å². The minimum absolute atomic E-state index is 0.0533. The molecule has 2 atom stereocenters. The van der Waals surface area contributed by atoms with Gasteiger partial charge in [0.25, 0.3) is 0 Å². The topological polar surface area (TPSA) is 75.1 Å². The van der Waals surface area contributed by atoms with Gasteiger partial charge in [0, 0.05) is 53.2 Å². The van der Waals surface area contributed by atoms with Gasteiger partial charge in [0.15, 0.2) is 10.2 Å². The summed E-state index contributed by atoms with van der Waals surface area (Å²) >= 11 is 7.45. The highest BCUT2D eigenvalue weighted by atomic mass is 32.1. The molecule has 2 aromatic carbocycles. The number of aromatic nitrogens is 3. The lowest BCUT2D eigenvalue weighted by Crippen LogP contribution is -2.33. The maximum absolute atomic E-state index is 13.2. The van der Waals surface area contributed by atoms with Gasteiger partial charge in [-0.25, -0.2) is 4.98 Å². The summed E-state index contributed by atoms with van der Waals surface area (Å²) in [6.45, 7) is 4.68. The molecule has 0 aliphatic carbocycles. The fourth-order valence-corrected chi connectivity index (χ4v) is 6.54. The van der Waals surface area contributed by atoms with Crippen molar-refractivity contribution in [3.05, 3.63) is 107 Å². The van der Waals surface area contributed by atoms with Crippen LogP contribution >= 0.6 is 23.6 Å². The average Bonchev–Trinajstić information content (AvgIpc) is 3.66. The van der Waals surface area contributed by atoms with E-state index in [0.29, 0.717) is 18.1 Å². The Balaban J connectivity index is 1.30. The maximum Gasteiger partial charge on any atom is 0.226 e. The highest BCUT2D eigenvalue weighted by Crippen LogP contribution is 2.41. The third-order valence-corrected chi connectivity index (χ3v) is 8.35. The van der Waals surface area contributed by atoms with Gasteiger partial charge in [-0.3, -0.25) is 14.3 Å². The molecule has 3 aromatic heterocycles. The zero-order chi connectivity index (χ0) is 26.9. The minimum atomic E-state index is -0.148. The van der Waals surface area contributed by atoms with Gasteiger partial charge in [0.1, 0.15) is 0 Å². The van der Waals surface area contributed by atoms with Gasteiger partial charge < -0.3 is 15.5 Å². The van der Waals surface area contributed by atoms with Crippen molar-refractivity contribution in [2.24, 2.45) is 0 Å². The minimum Gasteiger partial charge on any atom is -0.352 e. The molecule has 5 aromatic rings. The van der Waals surface area contributed by atoms with Crippen molar-refractivity contribution in [1.29, 1.82) is 0 Å². The van der Waals surface area contributed by atoms with Crippen LogP contribution in [0.5, 0.6) is 0 Å². The second-order valence-corrected chi connectivity index (χ2v) is 10.9. The first-order valence-electron chi connectivity index (χ1n) is 12.9. The number of fused-ring (bicyclic) bond motifs is 1. The second kappa shape index (κ2) is 10.6. The number of pyridine rings is 1. The molecule has 0 saturated carbocycles. The molecule has 1 amide bonds. The van der Waals surface area contributed by atoms with Crippen LogP contribution in [0.25, 0.3) is 15.9 Å². The Morgan fingerprint density at radius 3 is 2.67 bits per heavy atom. The van der Waals surface area contributed by atoms with Crippen molar-refractivity contribution in [3.63, 3.8) is 0 Å². The first-order chi connectivity index (χ1) is 19.0. The van der Waals surface area contributed by atoms with Crippen molar-refractivity contribution < 1.29 is 4.79 Å². The summed E-state index contributed by atoms with van der Waals surface area (Å²) in [4.78, 5) is 24.5. The Morgan fingerprint density at radius 2 is 1.87 bits per heavy atom. The van der Waals surface area contributed by atoms with Gasteiger partial charge in [0.2, 0.25) is 5.91 Å². The summed E-state index contributed by atoms with van der Waals surface area (Å²) in [5, 5.41) is 12.3. The quantitative estimate of drug-likeness (QED) is 0.238. The Labute approximate surface area is 236 Å². The fourth-order valence-electron chi connectivity index (χ4n) is 5.46. The number of thiazole rings is 1. The summed E-state index contributed by atoms with van der Waals surface area (Å²) in [6, 6.07) is 21.8. The number of hydrogen-bond acceptors (Lipinski definition) is 5. The van der Waals surface area contributed by atoms with Crippen molar-refractivity contribution in [2.75, 3.05) is 11.9 Å². The van der Waals surface area contributed by atoms with E-state index in [1.165, 1.54) is 0 Å². The van der Waals surface area contributed by atoms with Crippen molar-refractivity contribution in [3.8, 4) is 5.13 Å². The van der Waals surface area contributed by atoms with E-state index in [4.69, 9.17) is 12.2 Å². The van der Waals surface area contributed by atoms with Crippen LogP contribution in [-0.2, 0) is 4.79 Å². The molecule has 9 heteroatoms. The number of amides is 1. The van der Waals surface area contributed by atoms with E-state index in [1.807, 2.05) is 72.2 Å². The lowest BCUT2D eigenvalue weighted by atomic mass is 9.96. The third kappa shape index (κ3) is 4.79. The predicted molar refractivity (Wildman–Crippen MR) is 160 cm³/mol. The largest absolute Gasteiger partial charge is 0.352 e. The predicted octanol–water partition coefficient (Wildman–Crippen LogP) is 6.10. The molecule has 0 bridgehead atoms. The number of carbonyl (C=O) groups excluding carboxylic acids is 1. The monoisotopic (exact) mass is 552 g/mol. The maximum atomic E-state index is 13.2. The van der Waals surface area contributed by atoms with Gasteiger partial charge in [-0.15, -0.1) is 11.3 Å². The van der Waals surface area contributed by atoms with E-state index in [9.17, 15) is 4.79 Å². The lowest BCUT2D eigenvalue weighted by Gasteiger charge is -2.28. The fraction of sp³-hybridized carbons (Fsp3) is 0.200. The molecule has 0 radical (unpaired) electrons. The molecule has 1 aliphatic heterocycles. The zero-order valence-corrected chi connectivity index (χ0v) is 23.3. The van der Waals surface area contributed by atoms with Crippen LogP contribution < -0.4 is 10.6 Å². The molecular formula is C30H28N6OS2. The van der Waals surface area contributed by atoms with Crippen LogP contribution in [0.1, 0.15) is 41.1 Å². The van der Waals surface area contributed by atoms with E-state index < -0.39 is 0 Å². The van der Waals surface area contributed by atoms with E-state index >= 15 is 0 Å². The van der Waals surface area contributed by atoms with E-state index in [-0.39, 0.29) is 18.0 Å². The number of rotatable bonds is 7. The van der Waals surface area contributed by atoms with E-state index in [1.54, 1.807) is 17.5 Å². The molecule has 1 saturated heterocycles. The Bertz CT molecular complexity index is 1640. The first kappa shape index (κ1) is 25.2. The lowest BCUT2D eigenvalue weighted by molar-refractivity contribution is -0.116. The van der Waals surface area contributed by atoms with Gasteiger partial charge in [0.05, 0.1) is 17.8 Å². The summed E-state index contributed by atoms with van der Waals surface area (Å²) in [5.41, 5.74) is 5.07. The van der Waals surface area contributed by atoms with E-state index in [2.05, 4.69) is 50.0 Å². The van der Waals surface area contributed by atoms with E-state index in [0.717, 1.165) is 44.2 Å². The number of thiocarbonyl (C=S) groups is 1. The summed E-state index contributed by atoms with van der Waals surface area (Å²) in [7, 11) is 0. The van der Waals surface area contributed by atoms with Gasteiger partial charge in [-0.1, -0.05) is 42.5 Å². The van der Waals surface area contributed by atoms with Crippen LogP contribution in [-0.4, -0.2) is 37.0 Å². The van der Waals surface area contributed by atoms with Crippen LogP contribution in [0, 0.1) is 13.8 Å². The highest BCUT2D eigenvalue weighted by molar-refractivity contribution is 7.80. The molecule has 7 nitrogen and oxygen atoms in total. The number of hydrogen-bond donors (Lipinski definition) is 2. The number of aryl methyl sites for hydroxylation is 1. The molecule has 0 spiro atoms. The first-order valence-corrected chi connectivity index (χ1v) is 14.1. The molecule has 6 rings (SSSR count). The summed E-state index contributed by atoms with van der Waals surface area (Å²) in [5.74, 6) is -0.0533. The standard InChI is InChI=1S/C30H28N6OS2/c1-19-18-23(20(2)36(19)30-32-15-17-39-30)28-27(25-11-5-6-14-31-25)34-29(38)35(28)16-13-26(37)33-24-12-7-9-21-8-3-4-10-22(21)24/h3-12,14-15,17-18,27-28H,13,16H2,1-2H3,(H,33,37)(H,34,38). The molecule has 1 fully saturated rings. The molecule has 1 aliphatic rings. The number of benzene rings is 2. The number of nitrogens with zero attached hydrogens (tertiary/aromatic N) is 4. The summed E-state index contributed by atoms with van der Waals surface area (Å²) < 4.78 is 2.18. The van der Waals surface area contributed by atoms with Crippen molar-refractivity contribution in [1.82, 2.24) is 24.8 Å². The molecule has 39 heavy (non-hydrogen) atoms. The second-order valence-electron chi connectivity index (χ2n) is 9.62. The molecule has 4 heterocycles. The highest BCUT2D eigenvalue weighted by Gasteiger charge is 2.41. The Hall–Kier alpha value is -4.08. The van der Waals surface area contributed by atoms with Crippen molar-refractivity contribution >= 4 is 51.0 Å². The van der Waals surface area contributed by atoms with Crippen LogP contribution in [0.15, 0.2) is 84.5 Å². The van der Waals surface area contributed by atoms with Gasteiger partial charge in [-0.2, -0.15) is 0 Å². The smallest absolute Gasteiger partial charge is 0.226 e. The number of nitrogens with one attached hydrogen (secondary N) is 2. The average molecular weight is 553 g/mol. The van der Waals surface area contributed by atoms with Gasteiger partial charge >= 0.3 is 0 Å². The Morgan fingerprint density at radius 1 is 1.05 bits per heavy atom. The number of anilines is 1. The Kier molecular flexibility index (Phi) is 6.85. The molecule has 196 valence electrons. The van der Waals surface area contributed by atoms with Crippen molar-refractivity contribution in [2.45, 2.75) is 32.4 Å².